The summed E-state index contributed by atoms with van der Waals surface area (Å²) in [7, 11) is 3.25. The molecule has 0 saturated carbocycles. The second-order valence-corrected chi connectivity index (χ2v) is 4.39. The molecule has 7 heteroatoms. The average Bonchev–Trinajstić information content (AvgIpc) is 2.81. The van der Waals surface area contributed by atoms with Crippen molar-refractivity contribution in [3.8, 4) is 5.75 Å². The van der Waals surface area contributed by atoms with Crippen molar-refractivity contribution in [1.29, 1.82) is 0 Å². The van der Waals surface area contributed by atoms with Crippen LogP contribution in [0.25, 0.3) is 0 Å². The van der Waals surface area contributed by atoms with Gasteiger partial charge in [0.25, 0.3) is 0 Å². The normalized spacial score (nSPS) is 10.0. The molecule has 0 amide bonds. The van der Waals surface area contributed by atoms with Gasteiger partial charge in [-0.3, -0.25) is 0 Å². The van der Waals surface area contributed by atoms with E-state index >= 15 is 0 Å². The van der Waals surface area contributed by atoms with E-state index in [0.29, 0.717) is 18.8 Å². The van der Waals surface area contributed by atoms with Gasteiger partial charge in [0.2, 0.25) is 0 Å². The number of rotatable bonds is 6. The van der Waals surface area contributed by atoms with Gasteiger partial charge in [-0.15, -0.1) is 0 Å². The SMILES string of the molecule is COc1ccc(CNCc2ncn(C)c2C(=O)[O-])cc1.[Na+]. The molecule has 2 aromatic rings. The number of nitrogens with one attached hydrogen (secondary N) is 1. The number of carboxylic acids is 1. The van der Waals surface area contributed by atoms with Gasteiger partial charge < -0.3 is 24.5 Å². The van der Waals surface area contributed by atoms with Gasteiger partial charge in [-0.05, 0) is 17.7 Å². The summed E-state index contributed by atoms with van der Waals surface area (Å²) in [5.74, 6) is -0.413. The molecule has 0 aliphatic rings. The van der Waals surface area contributed by atoms with E-state index in [1.54, 1.807) is 14.2 Å². The van der Waals surface area contributed by atoms with Crippen molar-refractivity contribution in [3.63, 3.8) is 0 Å². The van der Waals surface area contributed by atoms with Crippen LogP contribution in [-0.4, -0.2) is 22.6 Å². The molecule has 0 spiro atoms. The summed E-state index contributed by atoms with van der Waals surface area (Å²) in [5.41, 5.74) is 1.66. The molecule has 1 aromatic heterocycles. The molecule has 0 unspecified atom stereocenters. The van der Waals surface area contributed by atoms with Gasteiger partial charge in [-0.25, -0.2) is 4.98 Å². The molecule has 6 nitrogen and oxygen atoms in total. The minimum atomic E-state index is -1.22. The standard InChI is InChI=1S/C14H17N3O3.Na/c1-17-9-16-12(13(17)14(18)19)8-15-7-10-3-5-11(20-2)6-4-10;/h3-6,9,15H,7-8H2,1-2H3,(H,18,19);/q;+1/p-1. The first-order valence-corrected chi connectivity index (χ1v) is 6.17. The first-order chi connectivity index (χ1) is 9.61. The molecule has 106 valence electrons. The van der Waals surface area contributed by atoms with Crippen molar-refractivity contribution >= 4 is 5.97 Å². The van der Waals surface area contributed by atoms with Gasteiger partial charge in [0, 0.05) is 20.1 Å². The molecule has 21 heavy (non-hydrogen) atoms. The maximum atomic E-state index is 11.0. The first-order valence-electron chi connectivity index (χ1n) is 6.17. The Labute approximate surface area is 145 Å². The van der Waals surface area contributed by atoms with Crippen molar-refractivity contribution in [2.75, 3.05) is 7.11 Å². The fraction of sp³-hybridized carbons (Fsp3) is 0.286. The molecule has 2 rings (SSSR count). The molecule has 0 aliphatic heterocycles. The van der Waals surface area contributed by atoms with Gasteiger partial charge in [0.1, 0.15) is 5.75 Å². The van der Waals surface area contributed by atoms with E-state index < -0.39 is 5.97 Å². The smallest absolute Gasteiger partial charge is 0.543 e. The van der Waals surface area contributed by atoms with Crippen molar-refractivity contribution in [2.45, 2.75) is 13.1 Å². The number of carboxylic acid groups (broad SMARTS) is 1. The molecule has 0 saturated heterocycles. The number of imidazole rings is 1. The van der Waals surface area contributed by atoms with Gasteiger partial charge in [0.05, 0.1) is 30.8 Å². The Balaban J connectivity index is 0.00000220. The summed E-state index contributed by atoms with van der Waals surface area (Å²) in [6.45, 7) is 0.989. The van der Waals surface area contributed by atoms with Crippen LogP contribution >= 0.6 is 0 Å². The Morgan fingerprint density at radius 2 is 2.00 bits per heavy atom. The Kier molecular flexibility index (Phi) is 6.91. The Bertz CT molecular complexity index is 596. The van der Waals surface area contributed by atoms with Crippen LogP contribution in [0.5, 0.6) is 5.75 Å². The van der Waals surface area contributed by atoms with Gasteiger partial charge in [-0.2, -0.15) is 0 Å². The second kappa shape index (κ2) is 8.19. The number of methoxy groups -OCH3 is 1. The van der Waals surface area contributed by atoms with Crippen LogP contribution in [0.4, 0.5) is 0 Å². The topological polar surface area (TPSA) is 79.2 Å². The van der Waals surface area contributed by atoms with E-state index in [0.717, 1.165) is 11.3 Å². The molecule has 0 atom stereocenters. The van der Waals surface area contributed by atoms with Crippen LogP contribution in [0.2, 0.25) is 0 Å². The van der Waals surface area contributed by atoms with Crippen LogP contribution in [-0.2, 0) is 20.1 Å². The Morgan fingerprint density at radius 1 is 1.33 bits per heavy atom. The summed E-state index contributed by atoms with van der Waals surface area (Å²) in [6, 6.07) is 7.66. The third-order valence-corrected chi connectivity index (χ3v) is 2.99. The zero-order valence-electron chi connectivity index (χ0n) is 12.4. The van der Waals surface area contributed by atoms with Crippen molar-refractivity contribution < 1.29 is 44.2 Å². The molecular formula is C14H16N3NaO3. The van der Waals surface area contributed by atoms with Crippen LogP contribution in [0.15, 0.2) is 30.6 Å². The van der Waals surface area contributed by atoms with Gasteiger partial charge >= 0.3 is 29.6 Å². The fourth-order valence-corrected chi connectivity index (χ4v) is 1.94. The number of benzene rings is 1. The van der Waals surface area contributed by atoms with Gasteiger partial charge in [0.15, 0.2) is 0 Å². The Hall–Kier alpha value is -1.34. The van der Waals surface area contributed by atoms with Crippen LogP contribution in [0, 0.1) is 0 Å². The van der Waals surface area contributed by atoms with E-state index in [9.17, 15) is 9.90 Å². The zero-order chi connectivity index (χ0) is 14.5. The van der Waals surface area contributed by atoms with E-state index in [1.165, 1.54) is 10.9 Å². The van der Waals surface area contributed by atoms with E-state index in [4.69, 9.17) is 4.74 Å². The summed E-state index contributed by atoms with van der Waals surface area (Å²) in [6.07, 6.45) is 1.47. The molecule has 1 N–H and O–H groups in total. The van der Waals surface area contributed by atoms with Crippen LogP contribution in [0.3, 0.4) is 0 Å². The molecule has 0 bridgehead atoms. The van der Waals surface area contributed by atoms with E-state index in [1.807, 2.05) is 24.3 Å². The summed E-state index contributed by atoms with van der Waals surface area (Å²) in [5, 5.41) is 14.2. The monoisotopic (exact) mass is 297 g/mol. The molecule has 0 fully saturated rings. The maximum Gasteiger partial charge on any atom is 1.00 e. The minimum Gasteiger partial charge on any atom is -0.543 e. The number of aromatic carboxylic acids is 1. The number of ether oxygens (including phenoxy) is 1. The Morgan fingerprint density at radius 3 is 2.57 bits per heavy atom. The van der Waals surface area contributed by atoms with E-state index in [2.05, 4.69) is 10.3 Å². The maximum absolute atomic E-state index is 11.0. The van der Waals surface area contributed by atoms with Crippen LogP contribution in [0.1, 0.15) is 21.7 Å². The average molecular weight is 297 g/mol. The largest absolute Gasteiger partial charge is 1.00 e. The molecule has 1 aromatic carbocycles. The van der Waals surface area contributed by atoms with Crippen molar-refractivity contribution in [2.24, 2.45) is 7.05 Å². The molecule has 0 aliphatic carbocycles. The number of aryl methyl sites for hydroxylation is 1. The quantitative estimate of drug-likeness (QED) is 0.578. The fourth-order valence-electron chi connectivity index (χ4n) is 1.94. The number of hydrogen-bond acceptors (Lipinski definition) is 5. The number of nitrogens with zero attached hydrogens (tertiary/aromatic N) is 2. The van der Waals surface area contributed by atoms with Crippen molar-refractivity contribution in [1.82, 2.24) is 14.9 Å². The van der Waals surface area contributed by atoms with E-state index in [-0.39, 0.29) is 35.3 Å². The van der Waals surface area contributed by atoms with Crippen molar-refractivity contribution in [3.05, 3.63) is 47.5 Å². The third-order valence-electron chi connectivity index (χ3n) is 2.99. The summed E-state index contributed by atoms with van der Waals surface area (Å²) < 4.78 is 6.53. The summed E-state index contributed by atoms with van der Waals surface area (Å²) in [4.78, 5) is 15.0. The minimum absolute atomic E-state index is 0. The zero-order valence-corrected chi connectivity index (χ0v) is 14.4. The van der Waals surface area contributed by atoms with Crippen LogP contribution < -0.4 is 44.7 Å². The predicted octanol–water partition coefficient (Wildman–Crippen LogP) is -2.91. The second-order valence-electron chi connectivity index (χ2n) is 4.39. The van der Waals surface area contributed by atoms with Gasteiger partial charge in [-0.1, -0.05) is 12.1 Å². The first kappa shape index (κ1) is 17.7. The molecule has 0 radical (unpaired) electrons. The number of carbonyl (C=O) groups is 1. The predicted molar refractivity (Wildman–Crippen MR) is 71.1 cm³/mol. The number of hydrogen-bond donors (Lipinski definition) is 1. The third kappa shape index (κ3) is 4.57. The molecule has 1 heterocycles. The summed E-state index contributed by atoms with van der Waals surface area (Å²) >= 11 is 0. The number of carbonyl (C=O) groups excluding carboxylic acids is 1. The number of aromatic nitrogens is 2. The molecular weight excluding hydrogens is 281 g/mol.